The van der Waals surface area contributed by atoms with E-state index in [1.54, 1.807) is 6.08 Å². The molecule has 0 bridgehead atoms. The summed E-state index contributed by atoms with van der Waals surface area (Å²) in [6.07, 6.45) is 5.88. The molecule has 0 atom stereocenters. The van der Waals surface area contributed by atoms with Crippen LogP contribution in [0, 0.1) is 5.82 Å². The van der Waals surface area contributed by atoms with Crippen molar-refractivity contribution in [2.45, 2.75) is 17.9 Å². The van der Waals surface area contributed by atoms with E-state index in [2.05, 4.69) is 25.2 Å². The lowest BCUT2D eigenvalue weighted by atomic mass is 10.2. The van der Waals surface area contributed by atoms with Gasteiger partial charge in [0.05, 0.1) is 29.9 Å². The Balaban J connectivity index is 1.48. The molecular formula is C22H23ClFN5O3S. The van der Waals surface area contributed by atoms with Crippen molar-refractivity contribution in [2.75, 3.05) is 38.2 Å². The summed E-state index contributed by atoms with van der Waals surface area (Å²) in [5.74, 6) is -0.180. The molecule has 33 heavy (non-hydrogen) atoms. The third-order valence-electron chi connectivity index (χ3n) is 5.19. The zero-order chi connectivity index (χ0) is 23.3. The zero-order valence-corrected chi connectivity index (χ0v) is 19.3. The van der Waals surface area contributed by atoms with Gasteiger partial charge in [-0.1, -0.05) is 17.7 Å². The van der Waals surface area contributed by atoms with Gasteiger partial charge < -0.3 is 10.1 Å². The molecule has 174 valence electrons. The fourth-order valence-corrected chi connectivity index (χ4v) is 4.62. The van der Waals surface area contributed by atoms with Crippen LogP contribution in [0.4, 0.5) is 15.9 Å². The van der Waals surface area contributed by atoms with Crippen molar-refractivity contribution < 1.29 is 17.5 Å². The van der Waals surface area contributed by atoms with E-state index in [0.717, 1.165) is 39.3 Å². The quantitative estimate of drug-likeness (QED) is 0.473. The number of unbranched alkanes of at least 4 members (excludes halogenated alkanes) is 1. The van der Waals surface area contributed by atoms with Gasteiger partial charge in [-0.2, -0.15) is 0 Å². The second kappa shape index (κ2) is 10.5. The molecule has 1 fully saturated rings. The molecule has 1 saturated heterocycles. The minimum atomic E-state index is -3.74. The monoisotopic (exact) mass is 491 g/mol. The normalized spacial score (nSPS) is 15.3. The number of allylic oxidation sites excluding steroid dienone is 1. The fourth-order valence-electron chi connectivity index (χ4n) is 3.43. The summed E-state index contributed by atoms with van der Waals surface area (Å²) < 4.78 is 44.4. The topological polar surface area (TPSA) is 97.3 Å². The highest BCUT2D eigenvalue weighted by Crippen LogP contribution is 2.27. The smallest absolute Gasteiger partial charge is 0.216 e. The highest BCUT2D eigenvalue weighted by Gasteiger charge is 2.16. The van der Waals surface area contributed by atoms with Crippen LogP contribution in [-0.4, -0.2) is 61.1 Å². The number of fused-ring (bicyclic) bond motifs is 1. The molecule has 1 N–H and O–H groups in total. The van der Waals surface area contributed by atoms with E-state index in [4.69, 9.17) is 16.3 Å². The van der Waals surface area contributed by atoms with E-state index in [1.807, 2.05) is 0 Å². The molecule has 0 saturated carbocycles. The van der Waals surface area contributed by atoms with E-state index in [1.165, 1.54) is 42.2 Å². The van der Waals surface area contributed by atoms with Crippen molar-refractivity contribution in [3.8, 4) is 0 Å². The Hall–Kier alpha value is -2.66. The zero-order valence-electron chi connectivity index (χ0n) is 17.7. The molecule has 0 amide bonds. The van der Waals surface area contributed by atoms with Crippen molar-refractivity contribution in [2.24, 2.45) is 0 Å². The molecule has 0 aliphatic carbocycles. The first-order chi connectivity index (χ1) is 15.9. The van der Waals surface area contributed by atoms with Crippen LogP contribution in [-0.2, 0) is 14.6 Å². The van der Waals surface area contributed by atoms with E-state index in [9.17, 15) is 12.8 Å². The highest BCUT2D eigenvalue weighted by molar-refractivity contribution is 7.94. The number of nitrogens with zero attached hydrogens (tertiary/aromatic N) is 4. The van der Waals surface area contributed by atoms with Crippen LogP contribution in [0.5, 0.6) is 0 Å². The predicted molar refractivity (Wildman–Crippen MR) is 125 cm³/mol. The first kappa shape index (κ1) is 23.5. The molecule has 1 aliphatic heterocycles. The maximum absolute atomic E-state index is 13.4. The molecular weight excluding hydrogens is 469 g/mol. The lowest BCUT2D eigenvalue weighted by molar-refractivity contribution is 0.0375. The van der Waals surface area contributed by atoms with Gasteiger partial charge in [0.2, 0.25) is 9.84 Å². The van der Waals surface area contributed by atoms with E-state index >= 15 is 0 Å². The highest BCUT2D eigenvalue weighted by atomic mass is 35.5. The number of benzene rings is 1. The molecule has 3 heterocycles. The van der Waals surface area contributed by atoms with Crippen LogP contribution in [0.3, 0.4) is 0 Å². The lowest BCUT2D eigenvalue weighted by Crippen LogP contribution is -2.36. The van der Waals surface area contributed by atoms with Crippen LogP contribution in [0.25, 0.3) is 10.9 Å². The van der Waals surface area contributed by atoms with Gasteiger partial charge in [-0.25, -0.2) is 27.8 Å². The molecule has 8 nitrogen and oxygen atoms in total. The summed E-state index contributed by atoms with van der Waals surface area (Å²) >= 11 is 5.85. The van der Waals surface area contributed by atoms with Crippen molar-refractivity contribution in [3.05, 3.63) is 59.1 Å². The van der Waals surface area contributed by atoms with Gasteiger partial charge >= 0.3 is 0 Å². The van der Waals surface area contributed by atoms with Crippen molar-refractivity contribution in [1.29, 1.82) is 0 Å². The Labute approximate surface area is 196 Å². The minimum absolute atomic E-state index is 0.0398. The van der Waals surface area contributed by atoms with Crippen molar-refractivity contribution in [1.82, 2.24) is 19.9 Å². The average molecular weight is 492 g/mol. The third-order valence-corrected chi connectivity index (χ3v) is 6.84. The van der Waals surface area contributed by atoms with Crippen LogP contribution in [0.15, 0.2) is 53.3 Å². The van der Waals surface area contributed by atoms with Gasteiger partial charge in [-0.05, 0) is 43.7 Å². The summed E-state index contributed by atoms with van der Waals surface area (Å²) in [4.78, 5) is 14.7. The van der Waals surface area contributed by atoms with Crippen LogP contribution in [0.1, 0.15) is 12.8 Å². The Bertz CT molecular complexity index is 1270. The Morgan fingerprint density at radius 3 is 2.79 bits per heavy atom. The molecule has 0 radical (unpaired) electrons. The number of rotatable bonds is 8. The van der Waals surface area contributed by atoms with E-state index in [-0.39, 0.29) is 10.0 Å². The number of sulfone groups is 1. The van der Waals surface area contributed by atoms with Gasteiger partial charge in [0.1, 0.15) is 18.0 Å². The lowest BCUT2D eigenvalue weighted by Gasteiger charge is -2.26. The molecule has 4 rings (SSSR count). The van der Waals surface area contributed by atoms with Gasteiger partial charge in [-0.15, -0.1) is 0 Å². The molecule has 1 aromatic carbocycles. The average Bonchev–Trinajstić information content (AvgIpc) is 2.82. The number of ether oxygens (including phenoxy) is 1. The summed E-state index contributed by atoms with van der Waals surface area (Å²) in [7, 11) is -3.74. The molecule has 1 aliphatic rings. The van der Waals surface area contributed by atoms with Crippen LogP contribution >= 0.6 is 11.6 Å². The number of hydrogen-bond acceptors (Lipinski definition) is 8. The number of pyridine rings is 1. The summed E-state index contributed by atoms with van der Waals surface area (Å²) in [5.41, 5.74) is 0.969. The standard InChI is InChI=1S/C22H23ClFN5O3S/c23-18-12-16(4-5-19(18)24)28-22-17-13-21(25-14-20(17)26-15-27-22)33(30,31)11-3-1-2-6-29-7-9-32-10-8-29/h3-5,11-15H,1-2,6-10H2,(H,26,27,28)/b11-3+. The number of morpholine rings is 1. The number of halogens is 2. The largest absolute Gasteiger partial charge is 0.379 e. The van der Waals surface area contributed by atoms with Gasteiger partial charge in [-0.3, -0.25) is 4.90 Å². The Morgan fingerprint density at radius 1 is 1.18 bits per heavy atom. The van der Waals surface area contributed by atoms with Crippen molar-refractivity contribution in [3.63, 3.8) is 0 Å². The van der Waals surface area contributed by atoms with E-state index < -0.39 is 15.7 Å². The summed E-state index contributed by atoms with van der Waals surface area (Å²) in [5, 5.41) is 4.54. The van der Waals surface area contributed by atoms with Crippen molar-refractivity contribution >= 4 is 43.8 Å². The number of aromatic nitrogens is 3. The SMILES string of the molecule is O=S(=O)(/C=C/CCCN1CCOCC1)c1cc2c(Nc3ccc(F)c(Cl)c3)ncnc2cn1. The van der Waals surface area contributed by atoms with Gasteiger partial charge in [0.25, 0.3) is 0 Å². The predicted octanol–water partition coefficient (Wildman–Crippen LogP) is 3.96. The van der Waals surface area contributed by atoms with Crippen LogP contribution < -0.4 is 5.32 Å². The number of nitrogens with one attached hydrogen (secondary N) is 1. The first-order valence-corrected chi connectivity index (χ1v) is 12.4. The maximum Gasteiger partial charge on any atom is 0.216 e. The number of anilines is 2. The molecule has 3 aromatic rings. The first-order valence-electron chi connectivity index (χ1n) is 10.5. The second-order valence-corrected chi connectivity index (χ2v) is 9.72. The Kier molecular flexibility index (Phi) is 7.49. The van der Waals surface area contributed by atoms with E-state index in [0.29, 0.717) is 28.8 Å². The third kappa shape index (κ3) is 6.02. The second-order valence-electron chi connectivity index (χ2n) is 7.53. The fraction of sp³-hybridized carbons (Fsp3) is 0.318. The molecule has 11 heteroatoms. The molecule has 2 aromatic heterocycles. The summed E-state index contributed by atoms with van der Waals surface area (Å²) in [6.45, 7) is 4.21. The summed E-state index contributed by atoms with van der Waals surface area (Å²) in [6, 6.07) is 5.59. The van der Waals surface area contributed by atoms with Gasteiger partial charge in [0, 0.05) is 29.6 Å². The molecule has 0 unspecified atom stereocenters. The van der Waals surface area contributed by atoms with Crippen LogP contribution in [0.2, 0.25) is 5.02 Å². The molecule has 0 spiro atoms. The number of hydrogen-bond donors (Lipinski definition) is 1. The Morgan fingerprint density at radius 2 is 2.00 bits per heavy atom. The van der Waals surface area contributed by atoms with Gasteiger partial charge in [0.15, 0.2) is 5.03 Å². The maximum atomic E-state index is 13.4. The minimum Gasteiger partial charge on any atom is -0.379 e.